The summed E-state index contributed by atoms with van der Waals surface area (Å²) in [6, 6.07) is 1.60. The van der Waals surface area contributed by atoms with E-state index in [1.807, 2.05) is 0 Å². The van der Waals surface area contributed by atoms with Gasteiger partial charge in [0.2, 0.25) is 0 Å². The normalized spacial score (nSPS) is 28.4. The summed E-state index contributed by atoms with van der Waals surface area (Å²) in [4.78, 5) is 24.8. The predicted molar refractivity (Wildman–Crippen MR) is 112 cm³/mol. The van der Waals surface area contributed by atoms with Crippen LogP contribution in [0.3, 0.4) is 0 Å². The van der Waals surface area contributed by atoms with Crippen molar-refractivity contribution in [3.05, 3.63) is 41.2 Å². The lowest BCUT2D eigenvalue weighted by molar-refractivity contribution is -0.117. The zero-order valence-corrected chi connectivity index (χ0v) is 18.5. The van der Waals surface area contributed by atoms with Crippen molar-refractivity contribution in [2.24, 2.45) is 4.36 Å². The highest BCUT2D eigenvalue weighted by Gasteiger charge is 2.42. The molecule has 10 heteroatoms. The van der Waals surface area contributed by atoms with Gasteiger partial charge in [0, 0.05) is 29.7 Å². The van der Waals surface area contributed by atoms with Gasteiger partial charge in [0.15, 0.2) is 0 Å². The number of aryl methyl sites for hydroxylation is 2. The highest BCUT2D eigenvalue weighted by molar-refractivity contribution is 7.93. The Morgan fingerprint density at radius 1 is 1.32 bits per heavy atom. The number of hydrogen-bond acceptors (Lipinski definition) is 7. The van der Waals surface area contributed by atoms with E-state index in [4.69, 9.17) is 13.7 Å². The van der Waals surface area contributed by atoms with Crippen LogP contribution >= 0.6 is 0 Å². The summed E-state index contributed by atoms with van der Waals surface area (Å²) < 4.78 is 33.4. The van der Waals surface area contributed by atoms with Crippen molar-refractivity contribution in [2.45, 2.75) is 57.6 Å². The zero-order valence-electron chi connectivity index (χ0n) is 17.7. The van der Waals surface area contributed by atoms with Crippen molar-refractivity contribution in [3.63, 3.8) is 0 Å². The van der Waals surface area contributed by atoms with E-state index in [0.717, 1.165) is 6.42 Å². The number of hydrogen-bond donors (Lipinski definition) is 1. The van der Waals surface area contributed by atoms with Gasteiger partial charge >= 0.3 is 0 Å². The van der Waals surface area contributed by atoms with Crippen molar-refractivity contribution >= 4 is 21.5 Å². The number of furan rings is 1. The first kappa shape index (κ1) is 21.8. The van der Waals surface area contributed by atoms with Crippen LogP contribution in [0.2, 0.25) is 0 Å². The lowest BCUT2D eigenvalue weighted by atomic mass is 9.85. The SMILES string of the molecule is Cc1noc(C)c1CC(=O)N=S1(=O)CCC2(CC1)CC(NC(=O)c1ccoc1)CCO2. The first-order valence-electron chi connectivity index (χ1n) is 10.4. The third-order valence-electron chi connectivity index (χ3n) is 6.14. The molecule has 0 aromatic carbocycles. The first-order chi connectivity index (χ1) is 14.8. The van der Waals surface area contributed by atoms with E-state index >= 15 is 0 Å². The minimum absolute atomic E-state index is 0.0246. The molecule has 1 unspecified atom stereocenters. The average molecular weight is 450 g/mol. The molecule has 0 aliphatic carbocycles. The first-order valence-corrected chi connectivity index (χ1v) is 12.3. The van der Waals surface area contributed by atoms with Crippen LogP contribution in [0.25, 0.3) is 0 Å². The van der Waals surface area contributed by atoms with Gasteiger partial charge in [-0.15, -0.1) is 0 Å². The molecular formula is C21H27N3O6S. The van der Waals surface area contributed by atoms with Crippen LogP contribution in [0.4, 0.5) is 0 Å². The fraction of sp³-hybridized carbons (Fsp3) is 0.571. The second-order valence-corrected chi connectivity index (χ2v) is 10.9. The molecule has 2 fully saturated rings. The van der Waals surface area contributed by atoms with Gasteiger partial charge in [-0.2, -0.15) is 4.36 Å². The van der Waals surface area contributed by atoms with Gasteiger partial charge in [-0.3, -0.25) is 9.59 Å². The molecule has 1 spiro atoms. The number of nitrogens with zero attached hydrogens (tertiary/aromatic N) is 2. The van der Waals surface area contributed by atoms with Gasteiger partial charge in [-0.25, -0.2) is 4.21 Å². The largest absolute Gasteiger partial charge is 0.472 e. The van der Waals surface area contributed by atoms with Crippen molar-refractivity contribution in [1.29, 1.82) is 0 Å². The Labute approximate surface area is 181 Å². The number of carbonyl (C=O) groups excluding carboxylic acids is 2. The average Bonchev–Trinajstić information content (AvgIpc) is 3.37. The van der Waals surface area contributed by atoms with Crippen LogP contribution in [0, 0.1) is 13.8 Å². The van der Waals surface area contributed by atoms with Gasteiger partial charge in [-0.1, -0.05) is 5.16 Å². The Morgan fingerprint density at radius 2 is 2.10 bits per heavy atom. The van der Waals surface area contributed by atoms with Crippen LogP contribution in [-0.2, 0) is 25.7 Å². The maximum Gasteiger partial charge on any atom is 0.258 e. The maximum absolute atomic E-state index is 13.2. The summed E-state index contributed by atoms with van der Waals surface area (Å²) in [6.07, 6.45) is 5.40. The topological polar surface area (TPSA) is 124 Å². The lowest BCUT2D eigenvalue weighted by Crippen LogP contribution is -2.51. The molecule has 0 bridgehead atoms. The summed E-state index contributed by atoms with van der Waals surface area (Å²) in [5, 5.41) is 6.88. The molecule has 1 atom stereocenters. The van der Waals surface area contributed by atoms with Crippen molar-refractivity contribution in [2.75, 3.05) is 18.1 Å². The summed E-state index contributed by atoms with van der Waals surface area (Å²) in [7, 11) is -2.62. The molecule has 2 aliphatic heterocycles. The van der Waals surface area contributed by atoms with Gasteiger partial charge in [0.25, 0.3) is 11.8 Å². The Balaban J connectivity index is 1.37. The third-order valence-corrected chi connectivity index (χ3v) is 8.36. The summed E-state index contributed by atoms with van der Waals surface area (Å²) in [6.45, 7) is 4.04. The molecule has 2 amide bonds. The molecule has 1 N–H and O–H groups in total. The number of rotatable bonds is 4. The summed E-state index contributed by atoms with van der Waals surface area (Å²) in [5.41, 5.74) is 1.41. The fourth-order valence-electron chi connectivity index (χ4n) is 4.29. The fourth-order valence-corrected chi connectivity index (χ4v) is 6.50. The number of amides is 2. The van der Waals surface area contributed by atoms with Crippen LogP contribution < -0.4 is 5.32 Å². The number of nitrogens with one attached hydrogen (secondary N) is 1. The molecular weight excluding hydrogens is 422 g/mol. The van der Waals surface area contributed by atoms with Crippen LogP contribution in [0.15, 0.2) is 31.9 Å². The van der Waals surface area contributed by atoms with E-state index in [-0.39, 0.29) is 18.4 Å². The molecule has 2 aromatic heterocycles. The van der Waals surface area contributed by atoms with E-state index < -0.39 is 21.2 Å². The molecule has 2 aromatic rings. The zero-order chi connectivity index (χ0) is 22.1. The highest BCUT2D eigenvalue weighted by Crippen LogP contribution is 2.36. The van der Waals surface area contributed by atoms with E-state index in [0.29, 0.717) is 60.0 Å². The van der Waals surface area contributed by atoms with Gasteiger partial charge in [0.1, 0.15) is 12.0 Å². The lowest BCUT2D eigenvalue weighted by Gasteiger charge is -2.44. The van der Waals surface area contributed by atoms with Crippen molar-refractivity contribution in [3.8, 4) is 0 Å². The molecule has 31 heavy (non-hydrogen) atoms. The quantitative estimate of drug-likeness (QED) is 0.761. The third kappa shape index (κ3) is 4.90. The van der Waals surface area contributed by atoms with Gasteiger partial charge in [-0.05, 0) is 45.6 Å². The molecule has 4 heterocycles. The highest BCUT2D eigenvalue weighted by atomic mass is 32.2. The minimum Gasteiger partial charge on any atom is -0.472 e. The Kier molecular flexibility index (Phi) is 6.02. The van der Waals surface area contributed by atoms with E-state index in [1.165, 1.54) is 12.5 Å². The van der Waals surface area contributed by atoms with Crippen LogP contribution in [-0.4, -0.2) is 50.9 Å². The Hall–Kier alpha value is -2.46. The number of carbonyl (C=O) groups is 2. The molecule has 168 valence electrons. The van der Waals surface area contributed by atoms with Crippen LogP contribution in [0.1, 0.15) is 53.1 Å². The van der Waals surface area contributed by atoms with Gasteiger partial charge in [0.05, 0.1) is 39.3 Å². The van der Waals surface area contributed by atoms with E-state index in [2.05, 4.69) is 14.8 Å². The standard InChI is InChI=1S/C21H27N3O6S/c1-14-18(15(2)30-23-14)11-19(25)24-31(27)9-5-21(6-10-31)12-17(4-8-29-21)22-20(26)16-3-7-28-13-16/h3,7,13,17H,4-6,8-12H2,1-2H3,(H,22,26). The monoisotopic (exact) mass is 449 g/mol. The Bertz CT molecular complexity index is 1050. The second-order valence-electron chi connectivity index (χ2n) is 8.35. The smallest absolute Gasteiger partial charge is 0.258 e. The molecule has 4 rings (SSSR count). The molecule has 2 saturated heterocycles. The van der Waals surface area contributed by atoms with Crippen LogP contribution in [0.5, 0.6) is 0 Å². The summed E-state index contributed by atoms with van der Waals surface area (Å²) in [5.74, 6) is 0.615. The van der Waals surface area contributed by atoms with Gasteiger partial charge < -0.3 is 19.0 Å². The number of aromatic nitrogens is 1. The Morgan fingerprint density at radius 3 is 2.74 bits per heavy atom. The summed E-state index contributed by atoms with van der Waals surface area (Å²) >= 11 is 0. The number of ether oxygens (including phenoxy) is 1. The molecule has 9 nitrogen and oxygen atoms in total. The van der Waals surface area contributed by atoms with Crippen molar-refractivity contribution < 1.29 is 27.5 Å². The van der Waals surface area contributed by atoms with Crippen molar-refractivity contribution in [1.82, 2.24) is 10.5 Å². The van der Waals surface area contributed by atoms with E-state index in [1.54, 1.807) is 19.9 Å². The maximum atomic E-state index is 13.2. The molecule has 0 radical (unpaired) electrons. The van der Waals surface area contributed by atoms with E-state index in [9.17, 15) is 13.8 Å². The predicted octanol–water partition coefficient (Wildman–Crippen LogP) is 2.56. The molecule has 0 saturated carbocycles. The minimum atomic E-state index is -2.62. The second kappa shape index (κ2) is 8.58. The molecule has 2 aliphatic rings.